The second kappa shape index (κ2) is 17.8. The number of amides is 1. The van der Waals surface area contributed by atoms with Crippen molar-refractivity contribution in [2.45, 2.75) is 84.5 Å². The summed E-state index contributed by atoms with van der Waals surface area (Å²) in [4.78, 5) is 10.8. The van der Waals surface area contributed by atoms with Gasteiger partial charge in [0.25, 0.3) is 0 Å². The second-order valence-corrected chi connectivity index (χ2v) is 6.38. The Hall–Kier alpha value is -1.57. The molecule has 0 aliphatic carbocycles. The highest BCUT2D eigenvalue weighted by atomic mass is 16.1. The van der Waals surface area contributed by atoms with Gasteiger partial charge in [-0.15, -0.1) is 0 Å². The zero-order valence-electron chi connectivity index (χ0n) is 15.8. The molecule has 0 saturated carbocycles. The third kappa shape index (κ3) is 16.8. The van der Waals surface area contributed by atoms with Gasteiger partial charge in [0.1, 0.15) is 0 Å². The van der Waals surface area contributed by atoms with E-state index >= 15 is 0 Å². The minimum Gasteiger partial charge on any atom is -0.366 e. The molecule has 2 heteroatoms. The maximum Gasteiger partial charge on any atom is 0.244 e. The number of carbonyl (C=O) groups excluding carboxylic acids is 1. The molecular weight excluding hydrogens is 294 g/mol. The molecule has 0 aromatic heterocycles. The van der Waals surface area contributed by atoms with Crippen molar-refractivity contribution in [3.63, 3.8) is 0 Å². The molecule has 136 valence electrons. The average molecular weight is 332 g/mol. The Kier molecular flexibility index (Phi) is 16.6. The molecule has 0 aromatic rings. The van der Waals surface area contributed by atoms with Crippen molar-refractivity contribution in [1.29, 1.82) is 0 Å². The van der Waals surface area contributed by atoms with Crippen molar-refractivity contribution in [2.75, 3.05) is 0 Å². The van der Waals surface area contributed by atoms with Gasteiger partial charge in [-0.2, -0.15) is 0 Å². The molecule has 0 fully saturated rings. The number of hydrogen-bond donors (Lipinski definition) is 1. The van der Waals surface area contributed by atoms with E-state index in [2.05, 4.69) is 19.1 Å². The van der Waals surface area contributed by atoms with Gasteiger partial charge in [0, 0.05) is 5.57 Å². The highest BCUT2D eigenvalue weighted by Gasteiger charge is 1.92. The van der Waals surface area contributed by atoms with Crippen LogP contribution >= 0.6 is 0 Å². The molecule has 0 saturated heterocycles. The monoisotopic (exact) mass is 331 g/mol. The summed E-state index contributed by atoms with van der Waals surface area (Å²) in [6.07, 6.45) is 28.7. The molecular formula is C22H37NO. The van der Waals surface area contributed by atoms with Crippen molar-refractivity contribution in [2.24, 2.45) is 5.73 Å². The molecule has 2 nitrogen and oxygen atoms in total. The quantitative estimate of drug-likeness (QED) is 0.211. The van der Waals surface area contributed by atoms with Crippen molar-refractivity contribution in [3.05, 3.63) is 48.1 Å². The van der Waals surface area contributed by atoms with Crippen LogP contribution in [0.2, 0.25) is 0 Å². The van der Waals surface area contributed by atoms with E-state index < -0.39 is 0 Å². The Morgan fingerprint density at radius 3 is 1.83 bits per heavy atom. The number of nitrogens with two attached hydrogens (primary N) is 1. The predicted molar refractivity (Wildman–Crippen MR) is 107 cm³/mol. The zero-order valence-corrected chi connectivity index (χ0v) is 15.8. The maximum atomic E-state index is 10.8. The van der Waals surface area contributed by atoms with Gasteiger partial charge >= 0.3 is 0 Å². The van der Waals surface area contributed by atoms with E-state index in [4.69, 9.17) is 5.73 Å². The summed E-state index contributed by atoms with van der Waals surface area (Å²) >= 11 is 0. The van der Waals surface area contributed by atoms with Crippen LogP contribution in [0.3, 0.4) is 0 Å². The van der Waals surface area contributed by atoms with E-state index in [9.17, 15) is 4.79 Å². The summed E-state index contributed by atoms with van der Waals surface area (Å²) in [5, 5.41) is 0. The van der Waals surface area contributed by atoms with Crippen molar-refractivity contribution in [1.82, 2.24) is 0 Å². The number of rotatable bonds is 15. The van der Waals surface area contributed by atoms with Crippen LogP contribution < -0.4 is 5.73 Å². The van der Waals surface area contributed by atoms with E-state index in [1.807, 2.05) is 24.3 Å². The Morgan fingerprint density at radius 2 is 1.25 bits per heavy atom. The average Bonchev–Trinajstić information content (AvgIpc) is 2.57. The molecule has 0 aliphatic rings. The van der Waals surface area contributed by atoms with E-state index in [-0.39, 0.29) is 5.91 Å². The highest BCUT2D eigenvalue weighted by Crippen LogP contribution is 2.11. The molecule has 0 atom stereocenters. The summed E-state index contributed by atoms with van der Waals surface area (Å²) in [7, 11) is 0. The summed E-state index contributed by atoms with van der Waals surface area (Å²) in [5.74, 6) is -0.375. The van der Waals surface area contributed by atoms with Crippen LogP contribution in [-0.4, -0.2) is 5.91 Å². The summed E-state index contributed by atoms with van der Waals surface area (Å²) in [6, 6.07) is 0. The summed E-state index contributed by atoms with van der Waals surface area (Å²) in [5.41, 5.74) is 5.70. The second-order valence-electron chi connectivity index (χ2n) is 6.38. The van der Waals surface area contributed by atoms with Crippen LogP contribution in [0.1, 0.15) is 84.5 Å². The fraction of sp³-hybridized carbons (Fsp3) is 0.591. The van der Waals surface area contributed by atoms with Gasteiger partial charge in [0.05, 0.1) is 0 Å². The summed E-state index contributed by atoms with van der Waals surface area (Å²) < 4.78 is 0. The third-order valence-electron chi connectivity index (χ3n) is 4.04. The lowest BCUT2D eigenvalue weighted by Crippen LogP contribution is -2.11. The molecule has 0 rings (SSSR count). The molecule has 0 unspecified atom stereocenters. The first-order chi connectivity index (χ1) is 11.7. The molecule has 0 radical (unpaired) electrons. The standard InChI is InChI=1S/C22H37NO/c1-3-4-5-6-7-8-9-10-11-12-13-14-15-16-17-18-19-20-21(2)22(23)24/h14-20H,3-13H2,1-2H3,(H2,23,24). The molecule has 0 spiro atoms. The first kappa shape index (κ1) is 22.4. The number of primary amides is 1. The Balaban J connectivity index is 3.44. The van der Waals surface area contributed by atoms with Gasteiger partial charge in [0.15, 0.2) is 0 Å². The van der Waals surface area contributed by atoms with Crippen molar-refractivity contribution in [3.8, 4) is 0 Å². The lowest BCUT2D eigenvalue weighted by atomic mass is 10.1. The number of allylic oxidation sites excluding steroid dienone is 7. The Labute approximate surface area is 149 Å². The molecule has 0 aromatic carbocycles. The van der Waals surface area contributed by atoms with Crippen LogP contribution in [-0.2, 0) is 4.79 Å². The number of carbonyl (C=O) groups is 1. The Bertz CT molecular complexity index is 416. The number of unbranched alkanes of at least 4 members (excludes halogenated alkanes) is 10. The van der Waals surface area contributed by atoms with Crippen LogP contribution in [0, 0.1) is 0 Å². The summed E-state index contributed by atoms with van der Waals surface area (Å²) in [6.45, 7) is 3.98. The molecule has 24 heavy (non-hydrogen) atoms. The van der Waals surface area contributed by atoms with Crippen molar-refractivity contribution >= 4 is 5.91 Å². The predicted octanol–water partition coefficient (Wildman–Crippen LogP) is 6.40. The van der Waals surface area contributed by atoms with Gasteiger partial charge in [-0.3, -0.25) is 4.79 Å². The van der Waals surface area contributed by atoms with Gasteiger partial charge in [-0.1, -0.05) is 107 Å². The largest absolute Gasteiger partial charge is 0.366 e. The van der Waals surface area contributed by atoms with E-state index in [1.54, 1.807) is 13.0 Å². The van der Waals surface area contributed by atoms with Gasteiger partial charge < -0.3 is 5.73 Å². The molecule has 2 N–H and O–H groups in total. The van der Waals surface area contributed by atoms with E-state index in [0.717, 1.165) is 6.42 Å². The molecule has 0 aliphatic heterocycles. The first-order valence-corrected chi connectivity index (χ1v) is 9.65. The van der Waals surface area contributed by atoms with Gasteiger partial charge in [-0.05, 0) is 19.8 Å². The fourth-order valence-electron chi connectivity index (χ4n) is 2.40. The minimum atomic E-state index is -0.375. The van der Waals surface area contributed by atoms with E-state index in [0.29, 0.717) is 5.57 Å². The van der Waals surface area contributed by atoms with E-state index in [1.165, 1.54) is 64.2 Å². The van der Waals surface area contributed by atoms with Crippen molar-refractivity contribution < 1.29 is 4.79 Å². The fourth-order valence-corrected chi connectivity index (χ4v) is 2.40. The minimum absolute atomic E-state index is 0.375. The molecule has 0 bridgehead atoms. The lowest BCUT2D eigenvalue weighted by Gasteiger charge is -2.01. The number of hydrogen-bond acceptors (Lipinski definition) is 1. The highest BCUT2D eigenvalue weighted by molar-refractivity contribution is 5.91. The van der Waals surface area contributed by atoms with Crippen LogP contribution in [0.5, 0.6) is 0 Å². The Morgan fingerprint density at radius 1 is 0.750 bits per heavy atom. The first-order valence-electron chi connectivity index (χ1n) is 9.65. The van der Waals surface area contributed by atoms with Crippen LogP contribution in [0.15, 0.2) is 48.1 Å². The van der Waals surface area contributed by atoms with Gasteiger partial charge in [0.2, 0.25) is 5.91 Å². The molecule has 1 amide bonds. The smallest absolute Gasteiger partial charge is 0.244 e. The maximum absolute atomic E-state index is 10.8. The zero-order chi connectivity index (χ0) is 17.9. The van der Waals surface area contributed by atoms with Crippen LogP contribution in [0.4, 0.5) is 0 Å². The normalized spacial score (nSPS) is 12.8. The molecule has 0 heterocycles. The SMILES string of the molecule is CCCCCCCCCCCCC=CC=CC=CC=C(C)C(N)=O. The topological polar surface area (TPSA) is 43.1 Å². The lowest BCUT2D eigenvalue weighted by molar-refractivity contribution is -0.114. The van der Waals surface area contributed by atoms with Crippen LogP contribution in [0.25, 0.3) is 0 Å². The third-order valence-corrected chi connectivity index (χ3v) is 4.04. The van der Waals surface area contributed by atoms with Gasteiger partial charge in [-0.25, -0.2) is 0 Å².